The Morgan fingerprint density at radius 1 is 1.08 bits per heavy atom. The van der Waals surface area contributed by atoms with Crippen molar-refractivity contribution in [2.45, 2.75) is 30.7 Å². The summed E-state index contributed by atoms with van der Waals surface area (Å²) in [5.74, 6) is 2.74. The van der Waals surface area contributed by atoms with Crippen LogP contribution in [-0.2, 0) is 24.2 Å². The Morgan fingerprint density at radius 3 is 2.92 bits per heavy atom. The zero-order chi connectivity index (χ0) is 16.4. The lowest BCUT2D eigenvalue weighted by molar-refractivity contribution is -0.120. The molecular weight excluding hydrogens is 322 g/mol. The highest BCUT2D eigenvalue weighted by molar-refractivity contribution is 7.99. The highest BCUT2D eigenvalue weighted by Gasteiger charge is 2.14. The lowest BCUT2D eigenvalue weighted by Gasteiger charge is -2.16. The van der Waals surface area contributed by atoms with Crippen molar-refractivity contribution in [3.05, 3.63) is 53.1 Å². The minimum absolute atomic E-state index is 0.0380. The van der Waals surface area contributed by atoms with E-state index in [1.807, 2.05) is 30.0 Å². The number of rotatable bonds is 4. The molecule has 1 amide bonds. The van der Waals surface area contributed by atoms with Gasteiger partial charge in [-0.1, -0.05) is 18.2 Å². The smallest absolute Gasteiger partial charge is 0.231 e. The number of ether oxygens (including phenoxy) is 2. The maximum Gasteiger partial charge on any atom is 0.231 e. The van der Waals surface area contributed by atoms with Crippen LogP contribution in [0, 0.1) is 0 Å². The summed E-state index contributed by atoms with van der Waals surface area (Å²) in [5, 5.41) is 2.98. The summed E-state index contributed by atoms with van der Waals surface area (Å²) in [6.07, 6.45) is 2.76. The van der Waals surface area contributed by atoms with Gasteiger partial charge in [-0.2, -0.15) is 0 Å². The van der Waals surface area contributed by atoms with E-state index in [-0.39, 0.29) is 12.7 Å². The van der Waals surface area contributed by atoms with Gasteiger partial charge in [0.1, 0.15) is 0 Å². The first-order valence-electron chi connectivity index (χ1n) is 8.18. The molecule has 124 valence electrons. The van der Waals surface area contributed by atoms with Gasteiger partial charge in [-0.05, 0) is 53.5 Å². The second-order valence-electron chi connectivity index (χ2n) is 6.04. The van der Waals surface area contributed by atoms with Crippen molar-refractivity contribution in [2.75, 3.05) is 12.5 Å². The van der Waals surface area contributed by atoms with Gasteiger partial charge >= 0.3 is 0 Å². The van der Waals surface area contributed by atoms with Crippen LogP contribution in [0.1, 0.15) is 23.1 Å². The third kappa shape index (κ3) is 3.36. The lowest BCUT2D eigenvalue weighted by Crippen LogP contribution is -2.24. The maximum absolute atomic E-state index is 12.2. The molecule has 0 aromatic heterocycles. The zero-order valence-electron chi connectivity index (χ0n) is 13.3. The van der Waals surface area contributed by atoms with Crippen LogP contribution in [0.25, 0.3) is 0 Å². The number of hydrogen-bond acceptors (Lipinski definition) is 4. The van der Waals surface area contributed by atoms with Crippen molar-refractivity contribution in [2.24, 2.45) is 0 Å². The number of nitrogens with one attached hydrogen (secondary N) is 1. The molecule has 0 atom stereocenters. The number of aryl methyl sites for hydroxylation is 1. The molecule has 2 heterocycles. The molecular formula is C19H19NO3S. The summed E-state index contributed by atoms with van der Waals surface area (Å²) in [4.78, 5) is 13.6. The topological polar surface area (TPSA) is 47.6 Å². The SMILES string of the molecule is O=C(Cc1ccc2c(c1)CCCS2)NCc1ccc2c(c1)OCO2. The standard InChI is InChI=1S/C19H19NO3S/c21-19(10-13-4-6-18-15(8-13)2-1-7-24-18)20-11-14-3-5-16-17(9-14)23-12-22-16/h3-6,8-9H,1-2,7,10-12H2,(H,20,21). The Kier molecular flexibility index (Phi) is 4.34. The highest BCUT2D eigenvalue weighted by atomic mass is 32.2. The van der Waals surface area contributed by atoms with Crippen LogP contribution in [-0.4, -0.2) is 18.5 Å². The number of amides is 1. The molecule has 5 heteroatoms. The van der Waals surface area contributed by atoms with E-state index in [9.17, 15) is 4.79 Å². The first kappa shape index (κ1) is 15.4. The minimum atomic E-state index is 0.0380. The third-order valence-corrected chi connectivity index (χ3v) is 5.47. The lowest BCUT2D eigenvalue weighted by atomic mass is 10.0. The fraction of sp³-hybridized carbons (Fsp3) is 0.316. The third-order valence-electron chi connectivity index (χ3n) is 4.26. The van der Waals surface area contributed by atoms with E-state index in [4.69, 9.17) is 9.47 Å². The van der Waals surface area contributed by atoms with E-state index in [2.05, 4.69) is 23.5 Å². The fourth-order valence-electron chi connectivity index (χ4n) is 3.02. The molecule has 0 saturated heterocycles. The number of carbonyl (C=O) groups is 1. The molecule has 0 unspecified atom stereocenters. The number of fused-ring (bicyclic) bond motifs is 2. The summed E-state index contributed by atoms with van der Waals surface area (Å²) in [5.41, 5.74) is 3.47. The van der Waals surface area contributed by atoms with Gasteiger partial charge in [-0.25, -0.2) is 0 Å². The Bertz CT molecular complexity index is 775. The summed E-state index contributed by atoms with van der Waals surface area (Å²) in [6.45, 7) is 0.762. The van der Waals surface area contributed by atoms with Gasteiger partial charge in [-0.15, -0.1) is 11.8 Å². The van der Waals surface area contributed by atoms with Crippen molar-refractivity contribution in [1.82, 2.24) is 5.32 Å². The molecule has 2 aliphatic rings. The molecule has 0 fully saturated rings. The van der Waals surface area contributed by atoms with Crippen LogP contribution >= 0.6 is 11.8 Å². The molecule has 0 saturated carbocycles. The van der Waals surface area contributed by atoms with Crippen molar-refractivity contribution in [3.8, 4) is 11.5 Å². The van der Waals surface area contributed by atoms with E-state index in [0.717, 1.165) is 29.0 Å². The number of hydrogen-bond donors (Lipinski definition) is 1. The first-order valence-corrected chi connectivity index (χ1v) is 9.16. The summed E-state index contributed by atoms with van der Waals surface area (Å²) in [6, 6.07) is 12.1. The molecule has 0 radical (unpaired) electrons. The largest absolute Gasteiger partial charge is 0.454 e. The summed E-state index contributed by atoms with van der Waals surface area (Å²) >= 11 is 1.91. The molecule has 2 aromatic carbocycles. The van der Waals surface area contributed by atoms with Crippen LogP contribution in [0.3, 0.4) is 0 Å². The highest BCUT2D eigenvalue weighted by Crippen LogP contribution is 2.32. The molecule has 4 nitrogen and oxygen atoms in total. The quantitative estimate of drug-likeness (QED) is 0.927. The van der Waals surface area contributed by atoms with Gasteiger partial charge in [0.05, 0.1) is 6.42 Å². The molecule has 4 rings (SSSR count). The van der Waals surface area contributed by atoms with Crippen molar-refractivity contribution < 1.29 is 14.3 Å². The Morgan fingerprint density at radius 2 is 1.96 bits per heavy atom. The van der Waals surface area contributed by atoms with Crippen LogP contribution in [0.4, 0.5) is 0 Å². The number of thioether (sulfide) groups is 1. The van der Waals surface area contributed by atoms with Gasteiger partial charge in [-0.3, -0.25) is 4.79 Å². The first-order chi connectivity index (χ1) is 11.8. The Balaban J connectivity index is 1.35. The van der Waals surface area contributed by atoms with E-state index in [1.54, 1.807) is 0 Å². The van der Waals surface area contributed by atoms with Gasteiger partial charge in [0.15, 0.2) is 11.5 Å². The molecule has 1 N–H and O–H groups in total. The average molecular weight is 341 g/mol. The van der Waals surface area contributed by atoms with Gasteiger partial charge in [0.25, 0.3) is 0 Å². The van der Waals surface area contributed by atoms with E-state index < -0.39 is 0 Å². The maximum atomic E-state index is 12.2. The van der Waals surface area contributed by atoms with Crippen molar-refractivity contribution in [1.29, 1.82) is 0 Å². The van der Waals surface area contributed by atoms with Crippen LogP contribution < -0.4 is 14.8 Å². The van der Waals surface area contributed by atoms with E-state index >= 15 is 0 Å². The molecule has 0 aliphatic carbocycles. The number of carbonyl (C=O) groups excluding carboxylic acids is 1. The summed E-state index contributed by atoms with van der Waals surface area (Å²) in [7, 11) is 0. The predicted octanol–water partition coefficient (Wildman–Crippen LogP) is 3.31. The Hall–Kier alpha value is -2.14. The minimum Gasteiger partial charge on any atom is -0.454 e. The van der Waals surface area contributed by atoms with Gasteiger partial charge in [0, 0.05) is 11.4 Å². The average Bonchev–Trinajstić information content (AvgIpc) is 3.07. The second-order valence-corrected chi connectivity index (χ2v) is 7.17. The molecule has 24 heavy (non-hydrogen) atoms. The fourth-order valence-corrected chi connectivity index (χ4v) is 4.04. The van der Waals surface area contributed by atoms with Gasteiger partial charge < -0.3 is 14.8 Å². The van der Waals surface area contributed by atoms with Crippen LogP contribution in [0.5, 0.6) is 11.5 Å². The second kappa shape index (κ2) is 6.77. The molecule has 0 bridgehead atoms. The van der Waals surface area contributed by atoms with Crippen molar-refractivity contribution >= 4 is 17.7 Å². The van der Waals surface area contributed by atoms with E-state index in [0.29, 0.717) is 13.0 Å². The zero-order valence-corrected chi connectivity index (χ0v) is 14.2. The number of benzene rings is 2. The van der Waals surface area contributed by atoms with E-state index in [1.165, 1.54) is 22.6 Å². The summed E-state index contributed by atoms with van der Waals surface area (Å²) < 4.78 is 10.6. The normalized spacial score (nSPS) is 15.0. The van der Waals surface area contributed by atoms with Gasteiger partial charge in [0.2, 0.25) is 12.7 Å². The van der Waals surface area contributed by atoms with Crippen molar-refractivity contribution in [3.63, 3.8) is 0 Å². The molecule has 0 spiro atoms. The predicted molar refractivity (Wildman–Crippen MR) is 93.6 cm³/mol. The van der Waals surface area contributed by atoms with Crippen LogP contribution in [0.2, 0.25) is 0 Å². The molecule has 2 aliphatic heterocycles. The Labute approximate surface area is 145 Å². The monoisotopic (exact) mass is 341 g/mol. The van der Waals surface area contributed by atoms with Crippen LogP contribution in [0.15, 0.2) is 41.3 Å². The molecule has 2 aromatic rings.